The van der Waals surface area contributed by atoms with Gasteiger partial charge >= 0.3 is 0 Å². The monoisotopic (exact) mass is 364 g/mol. The van der Waals surface area contributed by atoms with Crippen molar-refractivity contribution < 1.29 is 8.42 Å². The molecule has 24 heavy (non-hydrogen) atoms. The number of rotatable bonds is 4. The van der Waals surface area contributed by atoms with E-state index in [-0.39, 0.29) is 6.04 Å². The van der Waals surface area contributed by atoms with E-state index in [4.69, 9.17) is 11.6 Å². The van der Waals surface area contributed by atoms with Crippen molar-refractivity contribution in [3.8, 4) is 0 Å². The Hall–Kier alpha value is -1.56. The van der Waals surface area contributed by atoms with Gasteiger partial charge in [0.25, 0.3) is 0 Å². The Morgan fingerprint density at radius 1 is 1.00 bits per heavy atom. The SMILES string of the molecule is Cc1ccc(S(=O)(=O)N2CCC(Nc3ccc(Cl)cc3)CC2)cc1. The number of nitrogens with one attached hydrogen (secondary N) is 1. The molecule has 0 spiro atoms. The third kappa shape index (κ3) is 3.91. The molecule has 0 aromatic heterocycles. The Morgan fingerprint density at radius 3 is 2.17 bits per heavy atom. The molecule has 0 atom stereocenters. The normalized spacial score (nSPS) is 16.9. The van der Waals surface area contributed by atoms with Crippen LogP contribution in [0.5, 0.6) is 0 Å². The average molecular weight is 365 g/mol. The Kier molecular flexibility index (Phi) is 5.13. The summed E-state index contributed by atoms with van der Waals surface area (Å²) < 4.78 is 27.0. The maximum absolute atomic E-state index is 12.7. The quantitative estimate of drug-likeness (QED) is 0.894. The second kappa shape index (κ2) is 7.13. The van der Waals surface area contributed by atoms with E-state index in [0.717, 1.165) is 24.1 Å². The van der Waals surface area contributed by atoms with Crippen LogP contribution in [0.15, 0.2) is 53.4 Å². The van der Waals surface area contributed by atoms with Crippen LogP contribution in [-0.2, 0) is 10.0 Å². The predicted molar refractivity (Wildman–Crippen MR) is 98.0 cm³/mol. The van der Waals surface area contributed by atoms with Crippen LogP contribution >= 0.6 is 11.6 Å². The third-order valence-corrected chi connectivity index (χ3v) is 6.49. The first kappa shape index (κ1) is 17.3. The van der Waals surface area contributed by atoms with Crippen LogP contribution in [0.4, 0.5) is 5.69 Å². The van der Waals surface area contributed by atoms with Gasteiger partial charge in [0.15, 0.2) is 0 Å². The summed E-state index contributed by atoms with van der Waals surface area (Å²) in [5, 5.41) is 4.16. The Bertz CT molecular complexity index is 781. The van der Waals surface area contributed by atoms with E-state index in [1.807, 2.05) is 43.3 Å². The average Bonchev–Trinajstić information content (AvgIpc) is 2.58. The lowest BCUT2D eigenvalue weighted by molar-refractivity contribution is 0.330. The van der Waals surface area contributed by atoms with Crippen molar-refractivity contribution in [2.45, 2.75) is 30.7 Å². The van der Waals surface area contributed by atoms with Crippen LogP contribution in [0.1, 0.15) is 18.4 Å². The summed E-state index contributed by atoms with van der Waals surface area (Å²) in [6, 6.07) is 14.9. The minimum absolute atomic E-state index is 0.274. The number of sulfonamides is 1. The molecule has 1 saturated heterocycles. The van der Waals surface area contributed by atoms with Crippen molar-refractivity contribution in [2.24, 2.45) is 0 Å². The van der Waals surface area contributed by atoms with Crippen molar-refractivity contribution in [2.75, 3.05) is 18.4 Å². The number of halogens is 1. The van der Waals surface area contributed by atoms with Crippen molar-refractivity contribution >= 4 is 27.3 Å². The van der Waals surface area contributed by atoms with Gasteiger partial charge in [-0.15, -0.1) is 0 Å². The Balaban J connectivity index is 1.62. The molecule has 0 unspecified atom stereocenters. The minimum Gasteiger partial charge on any atom is -0.382 e. The molecule has 2 aromatic rings. The fraction of sp³-hybridized carbons (Fsp3) is 0.333. The summed E-state index contributed by atoms with van der Waals surface area (Å²) in [5.74, 6) is 0. The fourth-order valence-corrected chi connectivity index (χ4v) is 4.48. The van der Waals surface area contributed by atoms with Crippen LogP contribution in [0.2, 0.25) is 5.02 Å². The number of piperidine rings is 1. The highest BCUT2D eigenvalue weighted by molar-refractivity contribution is 7.89. The van der Waals surface area contributed by atoms with E-state index in [2.05, 4.69) is 5.32 Å². The molecule has 1 aliphatic heterocycles. The third-order valence-electron chi connectivity index (χ3n) is 4.33. The zero-order chi connectivity index (χ0) is 17.2. The molecule has 0 aliphatic carbocycles. The van der Waals surface area contributed by atoms with E-state index >= 15 is 0 Å². The second-order valence-electron chi connectivity index (χ2n) is 6.14. The van der Waals surface area contributed by atoms with Gasteiger partial charge in [-0.3, -0.25) is 0 Å². The van der Waals surface area contributed by atoms with Gasteiger partial charge in [-0.1, -0.05) is 29.3 Å². The maximum atomic E-state index is 12.7. The van der Waals surface area contributed by atoms with Crippen LogP contribution in [0.3, 0.4) is 0 Å². The van der Waals surface area contributed by atoms with E-state index in [0.29, 0.717) is 23.0 Å². The highest BCUT2D eigenvalue weighted by Crippen LogP contribution is 2.23. The number of hydrogen-bond acceptors (Lipinski definition) is 3. The van der Waals surface area contributed by atoms with Crippen LogP contribution in [0.25, 0.3) is 0 Å². The van der Waals surface area contributed by atoms with Crippen molar-refractivity contribution in [1.29, 1.82) is 0 Å². The molecule has 3 rings (SSSR count). The van der Waals surface area contributed by atoms with Gasteiger partial charge in [-0.25, -0.2) is 8.42 Å². The molecule has 0 radical (unpaired) electrons. The zero-order valence-corrected chi connectivity index (χ0v) is 15.1. The molecule has 1 fully saturated rings. The molecule has 1 aliphatic rings. The Labute approximate surface area is 148 Å². The molecule has 0 bridgehead atoms. The molecule has 4 nitrogen and oxygen atoms in total. The molecule has 1 heterocycles. The van der Waals surface area contributed by atoms with Gasteiger partial charge in [0.2, 0.25) is 10.0 Å². The highest BCUT2D eigenvalue weighted by Gasteiger charge is 2.29. The topological polar surface area (TPSA) is 49.4 Å². The van der Waals surface area contributed by atoms with Crippen LogP contribution < -0.4 is 5.32 Å². The van der Waals surface area contributed by atoms with E-state index in [1.165, 1.54) is 0 Å². The molecular formula is C18H21ClN2O2S. The lowest BCUT2D eigenvalue weighted by Crippen LogP contribution is -2.42. The van der Waals surface area contributed by atoms with E-state index in [1.54, 1.807) is 16.4 Å². The van der Waals surface area contributed by atoms with Gasteiger partial charge in [0, 0.05) is 29.8 Å². The summed E-state index contributed by atoms with van der Waals surface area (Å²) in [4.78, 5) is 0.372. The number of aryl methyl sites for hydroxylation is 1. The number of benzene rings is 2. The van der Waals surface area contributed by atoms with Crippen LogP contribution in [0, 0.1) is 6.92 Å². The lowest BCUT2D eigenvalue weighted by atomic mass is 10.1. The molecule has 2 aromatic carbocycles. The van der Waals surface area contributed by atoms with Crippen LogP contribution in [-0.4, -0.2) is 31.9 Å². The highest BCUT2D eigenvalue weighted by atomic mass is 35.5. The van der Waals surface area contributed by atoms with Gasteiger partial charge < -0.3 is 5.32 Å². The first-order valence-corrected chi connectivity index (χ1v) is 9.86. The van der Waals surface area contributed by atoms with Crippen molar-refractivity contribution in [3.63, 3.8) is 0 Å². The molecule has 0 amide bonds. The minimum atomic E-state index is -3.39. The Morgan fingerprint density at radius 2 is 1.58 bits per heavy atom. The van der Waals surface area contributed by atoms with Gasteiger partial charge in [0.05, 0.1) is 4.90 Å². The zero-order valence-electron chi connectivity index (χ0n) is 13.6. The van der Waals surface area contributed by atoms with Crippen molar-refractivity contribution in [3.05, 3.63) is 59.1 Å². The summed E-state index contributed by atoms with van der Waals surface area (Å²) >= 11 is 5.89. The van der Waals surface area contributed by atoms with E-state index in [9.17, 15) is 8.42 Å². The number of hydrogen-bond donors (Lipinski definition) is 1. The standard InChI is InChI=1S/C18H21ClN2O2S/c1-14-2-8-18(9-3-14)24(22,23)21-12-10-17(11-13-21)20-16-6-4-15(19)5-7-16/h2-9,17,20H,10-13H2,1H3. The first-order valence-electron chi connectivity index (χ1n) is 8.04. The fourth-order valence-electron chi connectivity index (χ4n) is 2.88. The second-order valence-corrected chi connectivity index (χ2v) is 8.52. The molecule has 6 heteroatoms. The van der Waals surface area contributed by atoms with Gasteiger partial charge in [-0.05, 0) is 56.2 Å². The van der Waals surface area contributed by atoms with Crippen molar-refractivity contribution in [1.82, 2.24) is 4.31 Å². The molecular weight excluding hydrogens is 344 g/mol. The largest absolute Gasteiger partial charge is 0.382 e. The first-order chi connectivity index (χ1) is 11.4. The summed E-state index contributed by atoms with van der Waals surface area (Å²) in [5.41, 5.74) is 2.07. The number of anilines is 1. The number of nitrogens with zero attached hydrogens (tertiary/aromatic N) is 1. The van der Waals surface area contributed by atoms with Gasteiger partial charge in [-0.2, -0.15) is 4.31 Å². The lowest BCUT2D eigenvalue weighted by Gasteiger charge is -2.32. The molecule has 128 valence electrons. The maximum Gasteiger partial charge on any atom is 0.243 e. The summed E-state index contributed by atoms with van der Waals surface area (Å²) in [7, 11) is -3.39. The van der Waals surface area contributed by atoms with Gasteiger partial charge in [0.1, 0.15) is 0 Å². The smallest absolute Gasteiger partial charge is 0.243 e. The summed E-state index contributed by atoms with van der Waals surface area (Å²) in [6.07, 6.45) is 1.57. The molecule has 1 N–H and O–H groups in total. The predicted octanol–water partition coefficient (Wildman–Crippen LogP) is 3.91. The summed E-state index contributed by atoms with van der Waals surface area (Å²) in [6.45, 7) is 3.01. The van der Waals surface area contributed by atoms with E-state index < -0.39 is 10.0 Å². The molecule has 0 saturated carbocycles.